The molecule has 0 bridgehead atoms. The number of carbonyl (C=O) groups is 2. The monoisotopic (exact) mass is 274 g/mol. The van der Waals surface area contributed by atoms with Crippen molar-refractivity contribution in [1.29, 1.82) is 0 Å². The highest BCUT2D eigenvalue weighted by Crippen LogP contribution is 2.21. The quantitative estimate of drug-likeness (QED) is 0.554. The number of nitrogens with zero attached hydrogens (tertiary/aromatic N) is 2. The maximum Gasteiger partial charge on any atom is 0.326 e. The molecule has 2 saturated heterocycles. The summed E-state index contributed by atoms with van der Waals surface area (Å²) in [5.74, 6) is -1.11. The van der Waals surface area contributed by atoms with Gasteiger partial charge in [-0.3, -0.25) is 0 Å². The zero-order valence-corrected chi connectivity index (χ0v) is 10.4. The lowest BCUT2D eigenvalue weighted by Gasteiger charge is -2.35. The second-order valence-corrected chi connectivity index (χ2v) is 4.80. The van der Waals surface area contributed by atoms with E-state index in [4.69, 9.17) is 14.9 Å². The van der Waals surface area contributed by atoms with E-state index in [0.717, 1.165) is 0 Å². The van der Waals surface area contributed by atoms with Gasteiger partial charge in [0.15, 0.2) is 0 Å². The summed E-state index contributed by atoms with van der Waals surface area (Å²) in [5, 5.41) is 27.6. The molecule has 2 rings (SSSR count). The lowest BCUT2D eigenvalue weighted by molar-refractivity contribution is -0.141. The number of rotatable bonds is 2. The van der Waals surface area contributed by atoms with E-state index in [9.17, 15) is 14.7 Å². The first-order valence-corrected chi connectivity index (χ1v) is 6.21. The molecule has 3 N–H and O–H groups in total. The average Bonchev–Trinajstić information content (AvgIpc) is 2.80. The van der Waals surface area contributed by atoms with Crippen LogP contribution in [0.2, 0.25) is 0 Å². The van der Waals surface area contributed by atoms with Crippen molar-refractivity contribution in [3.63, 3.8) is 0 Å². The Labute approximate surface area is 110 Å². The number of hydrogen-bond acceptors (Lipinski definition) is 5. The van der Waals surface area contributed by atoms with Gasteiger partial charge in [0.05, 0.1) is 32.0 Å². The minimum atomic E-state index is -1.11. The van der Waals surface area contributed by atoms with Crippen LogP contribution in [0.5, 0.6) is 0 Å². The lowest BCUT2D eigenvalue weighted by Crippen LogP contribution is -2.54. The Morgan fingerprint density at radius 1 is 1.32 bits per heavy atom. The number of carboxylic acids is 1. The summed E-state index contributed by atoms with van der Waals surface area (Å²) < 4.78 is 5.24. The summed E-state index contributed by atoms with van der Waals surface area (Å²) in [6, 6.07) is -1.41. The molecule has 2 heterocycles. The number of likely N-dealkylation sites (tertiary alicyclic amines) is 1. The van der Waals surface area contributed by atoms with Crippen LogP contribution in [0.4, 0.5) is 4.79 Å². The number of aliphatic carboxylic acids is 1. The smallest absolute Gasteiger partial charge is 0.326 e. The van der Waals surface area contributed by atoms with Gasteiger partial charge in [0.2, 0.25) is 0 Å². The van der Waals surface area contributed by atoms with Crippen molar-refractivity contribution in [3.05, 3.63) is 0 Å². The molecular weight excluding hydrogens is 256 g/mol. The van der Waals surface area contributed by atoms with Crippen LogP contribution in [0.1, 0.15) is 6.42 Å². The predicted octanol–water partition coefficient (Wildman–Crippen LogP) is -1.68. The molecule has 3 atom stereocenters. The zero-order valence-electron chi connectivity index (χ0n) is 10.4. The number of carbonyl (C=O) groups excluding carboxylic acids is 1. The molecule has 108 valence electrons. The Balaban J connectivity index is 2.03. The Morgan fingerprint density at radius 3 is 2.68 bits per heavy atom. The molecule has 0 aromatic heterocycles. The summed E-state index contributed by atoms with van der Waals surface area (Å²) >= 11 is 0. The molecule has 2 amide bonds. The number of aliphatic hydroxyl groups excluding tert-OH is 2. The molecule has 1 unspecified atom stereocenters. The summed E-state index contributed by atoms with van der Waals surface area (Å²) in [6.45, 7) is 0.735. The Hall–Kier alpha value is -1.38. The van der Waals surface area contributed by atoms with Crippen molar-refractivity contribution in [2.75, 3.05) is 32.8 Å². The molecule has 8 heteroatoms. The van der Waals surface area contributed by atoms with E-state index in [2.05, 4.69) is 0 Å². The van der Waals surface area contributed by atoms with Crippen molar-refractivity contribution in [2.24, 2.45) is 0 Å². The van der Waals surface area contributed by atoms with Crippen LogP contribution >= 0.6 is 0 Å². The second-order valence-electron chi connectivity index (χ2n) is 4.80. The maximum absolute atomic E-state index is 12.3. The van der Waals surface area contributed by atoms with E-state index in [1.807, 2.05) is 0 Å². The molecule has 0 aromatic carbocycles. The van der Waals surface area contributed by atoms with Crippen LogP contribution in [0.25, 0.3) is 0 Å². The molecule has 2 fully saturated rings. The molecule has 0 aromatic rings. The molecule has 2 aliphatic rings. The molecule has 0 saturated carbocycles. The Morgan fingerprint density at radius 2 is 2.05 bits per heavy atom. The Kier molecular flexibility index (Phi) is 4.23. The number of urea groups is 1. The van der Waals surface area contributed by atoms with Gasteiger partial charge in [0, 0.05) is 19.5 Å². The Bertz CT molecular complexity index is 363. The number of morpholine rings is 1. The fourth-order valence-corrected chi connectivity index (χ4v) is 2.44. The third kappa shape index (κ3) is 2.96. The number of carboxylic acid groups (broad SMARTS) is 1. The summed E-state index contributed by atoms with van der Waals surface area (Å²) in [6.07, 6.45) is -1.19. The molecule has 8 nitrogen and oxygen atoms in total. The van der Waals surface area contributed by atoms with E-state index in [1.165, 1.54) is 9.80 Å². The van der Waals surface area contributed by atoms with Gasteiger partial charge in [-0.05, 0) is 0 Å². The third-order valence-electron chi connectivity index (χ3n) is 3.42. The normalized spacial score (nSPS) is 31.6. The topological polar surface area (TPSA) is 111 Å². The number of amides is 2. The summed E-state index contributed by atoms with van der Waals surface area (Å²) in [5.41, 5.74) is 0. The number of ether oxygens (including phenoxy) is 1. The van der Waals surface area contributed by atoms with Crippen LogP contribution in [0.3, 0.4) is 0 Å². The first-order valence-electron chi connectivity index (χ1n) is 6.21. The van der Waals surface area contributed by atoms with Crippen LogP contribution < -0.4 is 0 Å². The van der Waals surface area contributed by atoms with Gasteiger partial charge >= 0.3 is 12.0 Å². The second kappa shape index (κ2) is 5.72. The standard InChI is InChI=1S/C11H18N2O6/c14-6-8-5-12(1-2-19-8)11(18)13-4-7(15)3-9(13)10(16)17/h7-9,14-15H,1-6H2,(H,16,17)/t7-,8?,9-/m1/s1. The van der Waals surface area contributed by atoms with Gasteiger partial charge < -0.3 is 29.9 Å². The van der Waals surface area contributed by atoms with E-state index >= 15 is 0 Å². The molecule has 2 aliphatic heterocycles. The maximum atomic E-state index is 12.3. The SMILES string of the molecule is O=C(O)[C@H]1C[C@@H](O)CN1C(=O)N1CCOC(CO)C1. The van der Waals surface area contributed by atoms with E-state index in [-0.39, 0.29) is 26.1 Å². The predicted molar refractivity (Wildman–Crippen MR) is 62.5 cm³/mol. The van der Waals surface area contributed by atoms with Gasteiger partial charge in [0.25, 0.3) is 0 Å². The highest BCUT2D eigenvalue weighted by molar-refractivity contribution is 5.83. The summed E-state index contributed by atoms with van der Waals surface area (Å²) in [4.78, 5) is 26.0. The lowest BCUT2D eigenvalue weighted by atomic mass is 10.2. The third-order valence-corrected chi connectivity index (χ3v) is 3.42. The van der Waals surface area contributed by atoms with Gasteiger partial charge in [-0.1, -0.05) is 0 Å². The zero-order chi connectivity index (χ0) is 14.0. The molecule has 19 heavy (non-hydrogen) atoms. The number of hydrogen-bond donors (Lipinski definition) is 3. The van der Waals surface area contributed by atoms with E-state index in [0.29, 0.717) is 13.2 Å². The highest BCUT2D eigenvalue weighted by atomic mass is 16.5. The molecule has 0 radical (unpaired) electrons. The number of aliphatic hydroxyl groups is 2. The number of β-amino-alcohol motifs (C(OH)–C–C–N with tert-alkyl or cyclic N) is 1. The van der Waals surface area contributed by atoms with Crippen molar-refractivity contribution < 1.29 is 29.6 Å². The van der Waals surface area contributed by atoms with Crippen molar-refractivity contribution in [2.45, 2.75) is 24.7 Å². The van der Waals surface area contributed by atoms with Gasteiger partial charge in [0.1, 0.15) is 6.04 Å². The minimum absolute atomic E-state index is 0.0248. The van der Waals surface area contributed by atoms with Gasteiger partial charge in [-0.2, -0.15) is 0 Å². The fourth-order valence-electron chi connectivity index (χ4n) is 2.44. The molecule has 0 spiro atoms. The van der Waals surface area contributed by atoms with Crippen molar-refractivity contribution >= 4 is 12.0 Å². The average molecular weight is 274 g/mol. The van der Waals surface area contributed by atoms with Crippen LogP contribution in [-0.4, -0.2) is 88.2 Å². The first kappa shape index (κ1) is 14.0. The molecular formula is C11H18N2O6. The van der Waals surface area contributed by atoms with Gasteiger partial charge in [-0.25, -0.2) is 9.59 Å². The van der Waals surface area contributed by atoms with Crippen molar-refractivity contribution in [3.8, 4) is 0 Å². The largest absolute Gasteiger partial charge is 0.480 e. The van der Waals surface area contributed by atoms with Crippen molar-refractivity contribution in [1.82, 2.24) is 9.80 Å². The highest BCUT2D eigenvalue weighted by Gasteiger charge is 2.41. The first-order chi connectivity index (χ1) is 9.02. The van der Waals surface area contributed by atoms with Crippen LogP contribution in [-0.2, 0) is 9.53 Å². The molecule has 0 aliphatic carbocycles. The van der Waals surface area contributed by atoms with Crippen LogP contribution in [0, 0.1) is 0 Å². The fraction of sp³-hybridized carbons (Fsp3) is 0.818. The van der Waals surface area contributed by atoms with E-state index in [1.54, 1.807) is 0 Å². The van der Waals surface area contributed by atoms with E-state index < -0.39 is 30.3 Å². The van der Waals surface area contributed by atoms with Crippen LogP contribution in [0.15, 0.2) is 0 Å². The van der Waals surface area contributed by atoms with Gasteiger partial charge in [-0.15, -0.1) is 0 Å². The minimum Gasteiger partial charge on any atom is -0.480 e. The summed E-state index contributed by atoms with van der Waals surface area (Å²) in [7, 11) is 0.